The van der Waals surface area contributed by atoms with Crippen LogP contribution in [0.1, 0.15) is 16.6 Å². The van der Waals surface area contributed by atoms with Crippen molar-refractivity contribution in [2.24, 2.45) is 0 Å². The number of nitrogens with one attached hydrogen (secondary N) is 3. The summed E-state index contributed by atoms with van der Waals surface area (Å²) in [4.78, 5) is 11.8. The van der Waals surface area contributed by atoms with E-state index in [0.29, 0.717) is 4.58 Å². The predicted octanol–water partition coefficient (Wildman–Crippen LogP) is 1.53. The smallest absolute Gasteiger partial charge is 0.258 e. The zero-order valence-corrected chi connectivity index (χ0v) is 14.0. The van der Waals surface area contributed by atoms with Crippen LogP contribution in [0.15, 0.2) is 24.3 Å². The summed E-state index contributed by atoms with van der Waals surface area (Å²) >= 11 is 4.01. The maximum absolute atomic E-state index is 11.8. The van der Waals surface area contributed by atoms with Crippen LogP contribution in [0, 0.1) is 0 Å². The Labute approximate surface area is 139 Å². The Balaban J connectivity index is 1.45. The second kappa shape index (κ2) is 8.10. The minimum atomic E-state index is -0.0852. The van der Waals surface area contributed by atoms with Crippen LogP contribution in [0.3, 0.4) is 0 Å². The number of carbonyl (C=O) groups is 1. The highest BCUT2D eigenvalue weighted by atomic mass is 32.2. The van der Waals surface area contributed by atoms with Crippen molar-refractivity contribution >= 4 is 29.4 Å². The molecule has 0 atom stereocenters. The van der Waals surface area contributed by atoms with E-state index < -0.39 is 0 Å². The fraction of sp³-hybridized carbons (Fsp3) is 0.533. The number of hydrogen-bond acceptors (Lipinski definition) is 6. The molecule has 3 N–H and O–H groups in total. The largest absolute Gasteiger partial charge is 0.484 e. The molecule has 120 valence electrons. The molecule has 2 aliphatic heterocycles. The Kier molecular flexibility index (Phi) is 5.89. The van der Waals surface area contributed by atoms with Crippen molar-refractivity contribution in [2.45, 2.75) is 17.0 Å². The van der Waals surface area contributed by atoms with Gasteiger partial charge in [0.25, 0.3) is 5.91 Å². The number of rotatable bonds is 5. The minimum Gasteiger partial charge on any atom is -0.484 e. The summed E-state index contributed by atoms with van der Waals surface area (Å²) in [5.74, 6) is 3.13. The van der Waals surface area contributed by atoms with Gasteiger partial charge in [-0.25, -0.2) is 0 Å². The highest BCUT2D eigenvalue weighted by Gasteiger charge is 2.17. The summed E-state index contributed by atoms with van der Waals surface area (Å²) < 4.78 is 6.09. The first-order chi connectivity index (χ1) is 10.8. The quantitative estimate of drug-likeness (QED) is 0.756. The lowest BCUT2D eigenvalue weighted by Crippen LogP contribution is -2.40. The summed E-state index contributed by atoms with van der Waals surface area (Å²) in [6.07, 6.45) is 1.30. The third-order valence-corrected chi connectivity index (χ3v) is 6.55. The van der Waals surface area contributed by atoms with Crippen LogP contribution in [0.2, 0.25) is 0 Å². The first-order valence-corrected chi connectivity index (χ1v) is 9.62. The molecule has 0 aliphatic carbocycles. The topological polar surface area (TPSA) is 62.4 Å². The van der Waals surface area contributed by atoms with Gasteiger partial charge in [-0.2, -0.15) is 0 Å². The van der Waals surface area contributed by atoms with Gasteiger partial charge in [0.15, 0.2) is 6.61 Å². The second-order valence-electron chi connectivity index (χ2n) is 5.31. The lowest BCUT2D eigenvalue weighted by Gasteiger charge is -2.21. The van der Waals surface area contributed by atoms with Gasteiger partial charge < -0.3 is 10.1 Å². The van der Waals surface area contributed by atoms with Crippen LogP contribution in [-0.2, 0) is 4.79 Å². The summed E-state index contributed by atoms with van der Waals surface area (Å²) in [5, 5.41) is 2.92. The van der Waals surface area contributed by atoms with E-state index >= 15 is 0 Å². The standard InChI is InChI=1S/C15H21N3O2S2/c19-14(18-12-8-16-17-9-12)10-20-13-4-2-11(3-5-13)15-21-6-1-7-22-15/h2-5,12,15-17H,1,6-10H2,(H,18,19). The van der Waals surface area contributed by atoms with Crippen molar-refractivity contribution < 1.29 is 9.53 Å². The van der Waals surface area contributed by atoms with Crippen molar-refractivity contribution in [3.63, 3.8) is 0 Å². The van der Waals surface area contributed by atoms with Gasteiger partial charge in [0, 0.05) is 13.1 Å². The molecule has 0 bridgehead atoms. The molecule has 5 nitrogen and oxygen atoms in total. The summed E-state index contributed by atoms with van der Waals surface area (Å²) in [6, 6.07) is 8.26. The van der Waals surface area contributed by atoms with Crippen LogP contribution in [-0.4, -0.2) is 43.2 Å². The molecule has 0 saturated carbocycles. The highest BCUT2D eigenvalue weighted by Crippen LogP contribution is 2.43. The zero-order valence-electron chi connectivity index (χ0n) is 12.3. The fourth-order valence-corrected chi connectivity index (χ4v) is 5.28. The maximum atomic E-state index is 11.8. The first kappa shape index (κ1) is 16.0. The molecular formula is C15H21N3O2S2. The van der Waals surface area contributed by atoms with Gasteiger partial charge in [-0.1, -0.05) is 12.1 Å². The molecule has 1 aromatic carbocycles. The number of carbonyl (C=O) groups excluding carboxylic acids is 1. The number of hydrazine groups is 1. The number of benzene rings is 1. The lowest BCUT2D eigenvalue weighted by atomic mass is 10.2. The van der Waals surface area contributed by atoms with E-state index in [1.165, 1.54) is 23.5 Å². The van der Waals surface area contributed by atoms with E-state index in [-0.39, 0.29) is 18.6 Å². The van der Waals surface area contributed by atoms with E-state index in [1.54, 1.807) is 0 Å². The number of hydrogen-bond donors (Lipinski definition) is 3. The molecule has 0 aromatic heterocycles. The van der Waals surface area contributed by atoms with Crippen molar-refractivity contribution in [3.8, 4) is 5.75 Å². The molecule has 2 aliphatic rings. The van der Waals surface area contributed by atoms with Gasteiger partial charge in [-0.15, -0.1) is 23.5 Å². The Morgan fingerprint density at radius 1 is 1.18 bits per heavy atom. The van der Waals surface area contributed by atoms with Gasteiger partial charge in [0.1, 0.15) is 5.75 Å². The monoisotopic (exact) mass is 339 g/mol. The summed E-state index contributed by atoms with van der Waals surface area (Å²) in [6.45, 7) is 1.55. The molecule has 22 heavy (non-hydrogen) atoms. The summed E-state index contributed by atoms with van der Waals surface area (Å²) in [7, 11) is 0. The zero-order chi connectivity index (χ0) is 15.2. The second-order valence-corrected chi connectivity index (χ2v) is 8.04. The van der Waals surface area contributed by atoms with Crippen LogP contribution in [0.25, 0.3) is 0 Å². The maximum Gasteiger partial charge on any atom is 0.258 e. The van der Waals surface area contributed by atoms with Crippen LogP contribution < -0.4 is 20.9 Å². The molecule has 0 spiro atoms. The average molecular weight is 339 g/mol. The molecule has 0 radical (unpaired) electrons. The number of thioether (sulfide) groups is 2. The Morgan fingerprint density at radius 2 is 1.86 bits per heavy atom. The highest BCUT2D eigenvalue weighted by molar-refractivity contribution is 8.16. The van der Waals surface area contributed by atoms with Crippen LogP contribution in [0.4, 0.5) is 0 Å². The molecule has 3 rings (SSSR count). The molecule has 2 fully saturated rings. The third-order valence-electron chi connectivity index (χ3n) is 3.54. The average Bonchev–Trinajstić information content (AvgIpc) is 3.07. The van der Waals surface area contributed by atoms with E-state index in [0.717, 1.165) is 18.8 Å². The Hall–Kier alpha value is -0.890. The predicted molar refractivity (Wildman–Crippen MR) is 92.1 cm³/mol. The fourth-order valence-electron chi connectivity index (χ4n) is 2.38. The van der Waals surface area contributed by atoms with E-state index in [2.05, 4.69) is 28.3 Å². The van der Waals surface area contributed by atoms with Crippen molar-refractivity contribution in [2.75, 3.05) is 31.2 Å². The van der Waals surface area contributed by atoms with Gasteiger partial charge in [0.05, 0.1) is 10.6 Å². The molecule has 7 heteroatoms. The van der Waals surface area contributed by atoms with E-state index in [9.17, 15) is 4.79 Å². The van der Waals surface area contributed by atoms with Crippen molar-refractivity contribution in [1.82, 2.24) is 16.2 Å². The minimum absolute atomic E-state index is 0.0583. The van der Waals surface area contributed by atoms with Crippen molar-refractivity contribution in [3.05, 3.63) is 29.8 Å². The molecule has 0 unspecified atom stereocenters. The third kappa shape index (κ3) is 4.55. The normalized spacial score (nSPS) is 20.0. The summed E-state index contributed by atoms with van der Waals surface area (Å²) in [5.41, 5.74) is 7.29. The molecular weight excluding hydrogens is 318 g/mol. The molecule has 2 heterocycles. The van der Waals surface area contributed by atoms with Gasteiger partial charge in [-0.3, -0.25) is 15.6 Å². The number of ether oxygens (including phenoxy) is 1. The molecule has 1 amide bonds. The lowest BCUT2D eigenvalue weighted by molar-refractivity contribution is -0.123. The first-order valence-electron chi connectivity index (χ1n) is 7.52. The van der Waals surface area contributed by atoms with Crippen LogP contribution in [0.5, 0.6) is 5.75 Å². The molecule has 2 saturated heterocycles. The van der Waals surface area contributed by atoms with Crippen molar-refractivity contribution in [1.29, 1.82) is 0 Å². The van der Waals surface area contributed by atoms with Crippen LogP contribution >= 0.6 is 23.5 Å². The molecule has 1 aromatic rings. The van der Waals surface area contributed by atoms with Gasteiger partial charge in [0.2, 0.25) is 0 Å². The SMILES string of the molecule is O=C(COc1ccc(C2SCCCS2)cc1)NC1CNNC1. The Morgan fingerprint density at radius 3 is 2.55 bits per heavy atom. The van der Waals surface area contributed by atoms with E-state index in [1.807, 2.05) is 35.7 Å². The van der Waals surface area contributed by atoms with Gasteiger partial charge in [-0.05, 0) is 35.6 Å². The number of amides is 1. The van der Waals surface area contributed by atoms with Gasteiger partial charge >= 0.3 is 0 Å². The Bertz CT molecular complexity index is 486. The van der Waals surface area contributed by atoms with E-state index in [4.69, 9.17) is 4.74 Å².